The van der Waals surface area contributed by atoms with Crippen LogP contribution in [0.3, 0.4) is 0 Å². The molecular weight excluding hydrogens is 438 g/mol. The average molecular weight is 469 g/mol. The Kier molecular flexibility index (Phi) is 5.29. The van der Waals surface area contributed by atoms with Gasteiger partial charge in [-0.05, 0) is 19.9 Å². The quantitative estimate of drug-likeness (QED) is 0.539. The van der Waals surface area contributed by atoms with Crippen LogP contribution in [0, 0.1) is 0 Å². The van der Waals surface area contributed by atoms with E-state index in [1.165, 1.54) is 35.3 Å². The minimum atomic E-state index is -2.71. The van der Waals surface area contributed by atoms with Gasteiger partial charge in [-0.3, -0.25) is 9.69 Å². The zero-order chi connectivity index (χ0) is 26.9. The molecule has 34 heavy (non-hydrogen) atoms. The second-order valence-electron chi connectivity index (χ2n) is 7.85. The Bertz CT molecular complexity index is 1330. The number of ether oxygens (including phenoxy) is 1. The Labute approximate surface area is 201 Å². The molecule has 0 saturated carbocycles. The topological polar surface area (TPSA) is 130 Å². The molecular formula is C22H27N9O3. The number of pyridine rings is 2. The second-order valence-corrected chi connectivity index (χ2v) is 7.85. The molecule has 12 nitrogen and oxygen atoms in total. The second kappa shape index (κ2) is 9.33. The predicted molar refractivity (Wildman–Crippen MR) is 126 cm³/mol. The number of hydrogen-bond donors (Lipinski definition) is 2. The van der Waals surface area contributed by atoms with Crippen molar-refractivity contribution in [3.05, 3.63) is 36.3 Å². The monoisotopic (exact) mass is 468 g/mol. The van der Waals surface area contributed by atoms with Gasteiger partial charge in [0.05, 0.1) is 30.1 Å². The molecule has 3 aromatic rings. The Morgan fingerprint density at radius 3 is 2.74 bits per heavy atom. The van der Waals surface area contributed by atoms with E-state index in [2.05, 4.69) is 25.5 Å². The van der Waals surface area contributed by atoms with Crippen molar-refractivity contribution in [2.75, 3.05) is 37.4 Å². The highest BCUT2D eigenvalue weighted by Crippen LogP contribution is 2.36. The van der Waals surface area contributed by atoms with Crippen molar-refractivity contribution in [1.29, 1.82) is 0 Å². The van der Waals surface area contributed by atoms with Gasteiger partial charge in [-0.15, -0.1) is 0 Å². The van der Waals surface area contributed by atoms with Crippen LogP contribution in [0.5, 0.6) is 5.75 Å². The van der Waals surface area contributed by atoms with Gasteiger partial charge in [0.15, 0.2) is 11.6 Å². The fraction of sp³-hybridized carbons (Fsp3) is 0.364. The lowest BCUT2D eigenvalue weighted by atomic mass is 10.1. The Morgan fingerprint density at radius 2 is 2.09 bits per heavy atom. The van der Waals surface area contributed by atoms with E-state index >= 15 is 0 Å². The van der Waals surface area contributed by atoms with Gasteiger partial charge in [0.1, 0.15) is 11.5 Å². The lowest BCUT2D eigenvalue weighted by Crippen LogP contribution is -2.36. The normalized spacial score (nSPS) is 15.2. The zero-order valence-electron chi connectivity index (χ0n) is 22.2. The maximum Gasteiger partial charge on any atom is 0.326 e. The summed E-state index contributed by atoms with van der Waals surface area (Å²) in [5.74, 6) is -0.0126. The number of aromatic nitrogens is 5. The first-order valence-electron chi connectivity index (χ1n) is 12.1. The van der Waals surface area contributed by atoms with Crippen LogP contribution < -0.4 is 20.3 Å². The molecule has 0 radical (unpaired) electrons. The molecule has 12 heteroatoms. The van der Waals surface area contributed by atoms with Gasteiger partial charge in [-0.25, -0.2) is 14.8 Å². The van der Waals surface area contributed by atoms with E-state index in [1.807, 2.05) is 19.2 Å². The Hall–Kier alpha value is -4.22. The first kappa shape index (κ1) is 19.3. The third-order valence-corrected chi connectivity index (χ3v) is 5.43. The number of hydrogen-bond acceptors (Lipinski definition) is 8. The third kappa shape index (κ3) is 4.21. The van der Waals surface area contributed by atoms with E-state index in [4.69, 9.17) is 8.85 Å². The summed E-state index contributed by atoms with van der Waals surface area (Å²) >= 11 is 0. The van der Waals surface area contributed by atoms with Crippen LogP contribution in [0.4, 0.5) is 22.1 Å². The smallest absolute Gasteiger partial charge is 0.326 e. The maximum absolute atomic E-state index is 12.9. The van der Waals surface area contributed by atoms with Crippen molar-refractivity contribution in [3.8, 4) is 17.0 Å². The molecule has 1 aliphatic rings. The standard InChI is InChI=1S/C22H27N9O3/c1-13(2)30-8-9-31(22(30)33)18-10-16(15(11-25-18)21(32)23-3)27-20-19(34-5)14(6-7-24-20)17-12-26-29(4)28-17/h6-7,10-13H,8-9H2,1-5H3,(H,23,32)(H,24,25,27)/i3D3. The number of nitrogens with one attached hydrogen (secondary N) is 2. The highest BCUT2D eigenvalue weighted by atomic mass is 16.5. The molecule has 0 spiro atoms. The summed E-state index contributed by atoms with van der Waals surface area (Å²) in [7, 11) is 3.15. The van der Waals surface area contributed by atoms with E-state index < -0.39 is 12.9 Å². The highest BCUT2D eigenvalue weighted by molar-refractivity contribution is 6.01. The minimum Gasteiger partial charge on any atom is -0.492 e. The van der Waals surface area contributed by atoms with Crippen molar-refractivity contribution in [2.45, 2.75) is 19.9 Å². The molecule has 0 aliphatic carbocycles. The molecule has 1 fully saturated rings. The van der Waals surface area contributed by atoms with Gasteiger partial charge in [-0.1, -0.05) is 0 Å². The van der Waals surface area contributed by atoms with Gasteiger partial charge in [0.2, 0.25) is 0 Å². The minimum absolute atomic E-state index is 0.0109. The van der Waals surface area contributed by atoms with E-state index in [0.717, 1.165) is 0 Å². The van der Waals surface area contributed by atoms with Crippen LogP contribution in [-0.2, 0) is 7.05 Å². The molecule has 1 aliphatic heterocycles. The number of nitrogens with zero attached hydrogens (tertiary/aromatic N) is 7. The maximum atomic E-state index is 12.9. The summed E-state index contributed by atoms with van der Waals surface area (Å²) in [6.07, 6.45) is 4.33. The number of anilines is 3. The van der Waals surface area contributed by atoms with Crippen LogP contribution in [0.1, 0.15) is 28.3 Å². The van der Waals surface area contributed by atoms with E-state index in [0.29, 0.717) is 35.9 Å². The number of aryl methyl sites for hydroxylation is 1. The predicted octanol–water partition coefficient (Wildman–Crippen LogP) is 2.03. The summed E-state index contributed by atoms with van der Waals surface area (Å²) in [6, 6.07) is 3.01. The van der Waals surface area contributed by atoms with Crippen molar-refractivity contribution in [2.24, 2.45) is 7.05 Å². The van der Waals surface area contributed by atoms with Gasteiger partial charge in [0.25, 0.3) is 5.91 Å². The molecule has 0 aromatic carbocycles. The number of rotatable bonds is 7. The molecule has 0 atom stereocenters. The van der Waals surface area contributed by atoms with Gasteiger partial charge >= 0.3 is 6.03 Å². The van der Waals surface area contributed by atoms with E-state index in [1.54, 1.807) is 24.2 Å². The van der Waals surface area contributed by atoms with Crippen molar-refractivity contribution in [3.63, 3.8) is 0 Å². The molecule has 178 valence electrons. The first-order valence-corrected chi connectivity index (χ1v) is 10.6. The molecule has 4 heterocycles. The fourth-order valence-electron chi connectivity index (χ4n) is 3.73. The van der Waals surface area contributed by atoms with Gasteiger partial charge in [-0.2, -0.15) is 15.0 Å². The largest absolute Gasteiger partial charge is 0.492 e. The molecule has 3 amide bonds. The summed E-state index contributed by atoms with van der Waals surface area (Å²) in [4.78, 5) is 39.0. The number of methoxy groups -OCH3 is 1. The summed E-state index contributed by atoms with van der Waals surface area (Å²) in [6.45, 7) is 2.07. The van der Waals surface area contributed by atoms with Crippen molar-refractivity contribution < 1.29 is 18.4 Å². The van der Waals surface area contributed by atoms with E-state index in [9.17, 15) is 9.59 Å². The molecule has 0 unspecified atom stereocenters. The van der Waals surface area contributed by atoms with Crippen LogP contribution in [0.15, 0.2) is 30.7 Å². The molecule has 3 aromatic heterocycles. The van der Waals surface area contributed by atoms with Crippen molar-refractivity contribution >= 4 is 29.3 Å². The SMILES string of the molecule is [2H]C([2H])([2H])NC(=O)c1cnc(N2CCN(C(C)C)C2=O)cc1Nc1nccc(-c2cnn(C)n2)c1OC. The van der Waals surface area contributed by atoms with Gasteiger partial charge in [0, 0.05) is 55.7 Å². The molecule has 1 saturated heterocycles. The Balaban J connectivity index is 1.77. The van der Waals surface area contributed by atoms with Crippen LogP contribution >= 0.6 is 0 Å². The number of urea groups is 1. The first-order chi connectivity index (χ1) is 17.5. The Morgan fingerprint density at radius 1 is 1.26 bits per heavy atom. The van der Waals surface area contributed by atoms with E-state index in [-0.39, 0.29) is 29.1 Å². The van der Waals surface area contributed by atoms with Crippen LogP contribution in [-0.4, -0.2) is 75.0 Å². The van der Waals surface area contributed by atoms with Crippen molar-refractivity contribution in [1.82, 2.24) is 35.2 Å². The highest BCUT2D eigenvalue weighted by Gasteiger charge is 2.32. The zero-order valence-corrected chi connectivity index (χ0v) is 19.2. The summed E-state index contributed by atoms with van der Waals surface area (Å²) in [5, 5.41) is 13.4. The van der Waals surface area contributed by atoms with Gasteiger partial charge < -0.3 is 20.3 Å². The lowest BCUT2D eigenvalue weighted by Gasteiger charge is -2.22. The number of carbonyl (C=O) groups is 2. The average Bonchev–Trinajstić information content (AvgIpc) is 3.43. The fourth-order valence-corrected chi connectivity index (χ4v) is 3.73. The molecule has 0 bridgehead atoms. The number of carbonyl (C=O) groups excluding carboxylic acids is 2. The molecule has 4 rings (SSSR count). The van der Waals surface area contributed by atoms with Crippen LogP contribution in [0.2, 0.25) is 0 Å². The van der Waals surface area contributed by atoms with Crippen LogP contribution in [0.25, 0.3) is 11.3 Å². The summed E-state index contributed by atoms with van der Waals surface area (Å²) in [5.41, 5.74) is 1.26. The number of amides is 3. The third-order valence-electron chi connectivity index (χ3n) is 5.43. The molecule has 2 N–H and O–H groups in total. The summed E-state index contributed by atoms with van der Waals surface area (Å²) < 4.78 is 27.8. The lowest BCUT2D eigenvalue weighted by molar-refractivity contribution is 0.0963.